The molecule has 26 heavy (non-hydrogen) atoms. The van der Waals surface area contributed by atoms with Crippen LogP contribution in [0.1, 0.15) is 50.8 Å². The van der Waals surface area contributed by atoms with Gasteiger partial charge in [0.1, 0.15) is 0 Å². The minimum atomic E-state index is -0.571. The standard InChI is InChI=1S/C20H31NO4S/c1-19-8-7-17(24)20(2,12-22)16(19)6-5-15(23)14(19)10-18(25)21-11-13-4-3-9-26-13/h3-4,9,14-17,22-24H,5-8,10-12H2,1-2H3,(H,21,25). The first-order valence-corrected chi connectivity index (χ1v) is 10.5. The Morgan fingerprint density at radius 1 is 1.31 bits per heavy atom. The maximum Gasteiger partial charge on any atom is 0.220 e. The van der Waals surface area contributed by atoms with Gasteiger partial charge in [-0.2, -0.15) is 0 Å². The van der Waals surface area contributed by atoms with Crippen LogP contribution in [0.15, 0.2) is 17.5 Å². The first-order chi connectivity index (χ1) is 12.3. The number of rotatable bonds is 5. The van der Waals surface area contributed by atoms with Crippen LogP contribution >= 0.6 is 11.3 Å². The third-order valence-corrected chi connectivity index (χ3v) is 8.03. The fraction of sp³-hybridized carbons (Fsp3) is 0.750. The van der Waals surface area contributed by atoms with Gasteiger partial charge in [-0.1, -0.05) is 19.9 Å². The highest BCUT2D eigenvalue weighted by atomic mass is 32.1. The summed E-state index contributed by atoms with van der Waals surface area (Å²) in [7, 11) is 0. The SMILES string of the molecule is CC1(CO)C(O)CCC2(C)C(CC(=O)NCc3cccs3)C(O)CCC12. The number of thiophene rings is 1. The molecule has 0 aliphatic heterocycles. The summed E-state index contributed by atoms with van der Waals surface area (Å²) in [4.78, 5) is 13.7. The summed E-state index contributed by atoms with van der Waals surface area (Å²) in [5, 5.41) is 36.1. The molecule has 6 atom stereocenters. The Balaban J connectivity index is 1.73. The lowest BCUT2D eigenvalue weighted by Crippen LogP contribution is -2.60. The van der Waals surface area contributed by atoms with E-state index < -0.39 is 17.6 Å². The Morgan fingerprint density at radius 2 is 2.08 bits per heavy atom. The Labute approximate surface area is 159 Å². The van der Waals surface area contributed by atoms with Crippen LogP contribution in [0.4, 0.5) is 0 Å². The van der Waals surface area contributed by atoms with Crippen molar-refractivity contribution in [1.82, 2.24) is 5.32 Å². The molecule has 2 fully saturated rings. The van der Waals surface area contributed by atoms with E-state index in [0.29, 0.717) is 19.4 Å². The minimum Gasteiger partial charge on any atom is -0.396 e. The molecule has 4 N–H and O–H groups in total. The fourth-order valence-corrected chi connectivity index (χ4v) is 6.12. The van der Waals surface area contributed by atoms with Crippen LogP contribution in [0.2, 0.25) is 0 Å². The predicted octanol–water partition coefficient (Wildman–Crippen LogP) is 2.30. The number of carbonyl (C=O) groups excluding carboxylic acids is 1. The summed E-state index contributed by atoms with van der Waals surface area (Å²) in [5.41, 5.74) is -0.826. The van der Waals surface area contributed by atoms with Gasteiger partial charge >= 0.3 is 0 Å². The average molecular weight is 382 g/mol. The van der Waals surface area contributed by atoms with E-state index in [1.807, 2.05) is 24.4 Å². The van der Waals surface area contributed by atoms with E-state index >= 15 is 0 Å². The van der Waals surface area contributed by atoms with Crippen molar-refractivity contribution in [3.05, 3.63) is 22.4 Å². The highest BCUT2D eigenvalue weighted by Gasteiger charge is 2.58. The van der Waals surface area contributed by atoms with Crippen LogP contribution in [-0.2, 0) is 11.3 Å². The summed E-state index contributed by atoms with van der Waals surface area (Å²) in [6, 6.07) is 3.96. The molecule has 0 radical (unpaired) electrons. The molecule has 146 valence electrons. The Bertz CT molecular complexity index is 621. The Kier molecular flexibility index (Phi) is 5.78. The van der Waals surface area contributed by atoms with Crippen LogP contribution in [0.25, 0.3) is 0 Å². The molecule has 1 aromatic heterocycles. The van der Waals surface area contributed by atoms with Gasteiger partial charge in [0.05, 0.1) is 25.4 Å². The maximum absolute atomic E-state index is 12.5. The number of nitrogens with one attached hydrogen (secondary N) is 1. The molecule has 2 aliphatic carbocycles. The highest BCUT2D eigenvalue weighted by molar-refractivity contribution is 7.09. The summed E-state index contributed by atoms with van der Waals surface area (Å²) >= 11 is 1.61. The van der Waals surface area contributed by atoms with Gasteiger partial charge in [-0.3, -0.25) is 4.79 Å². The number of aliphatic hydroxyl groups is 3. The summed E-state index contributed by atoms with van der Waals surface area (Å²) in [5.74, 6) is -0.0913. The first kappa shape index (κ1) is 19.8. The lowest BCUT2D eigenvalue weighted by Gasteiger charge is -2.60. The van der Waals surface area contributed by atoms with Gasteiger partial charge in [0.25, 0.3) is 0 Å². The zero-order valence-electron chi connectivity index (χ0n) is 15.6. The molecule has 1 aromatic rings. The number of carbonyl (C=O) groups is 1. The van der Waals surface area contributed by atoms with E-state index in [9.17, 15) is 20.1 Å². The third kappa shape index (κ3) is 3.44. The predicted molar refractivity (Wildman–Crippen MR) is 102 cm³/mol. The lowest BCUT2D eigenvalue weighted by molar-refractivity contribution is -0.185. The second kappa shape index (κ2) is 7.58. The van der Waals surface area contributed by atoms with Gasteiger partial charge in [-0.05, 0) is 54.4 Å². The molecule has 0 spiro atoms. The van der Waals surface area contributed by atoms with Crippen molar-refractivity contribution >= 4 is 17.2 Å². The molecule has 1 amide bonds. The van der Waals surface area contributed by atoms with Crippen LogP contribution in [0, 0.1) is 22.7 Å². The molecule has 0 saturated heterocycles. The zero-order valence-corrected chi connectivity index (χ0v) is 16.5. The number of amides is 1. The van der Waals surface area contributed by atoms with E-state index in [-0.39, 0.29) is 36.2 Å². The molecule has 6 unspecified atom stereocenters. The minimum absolute atomic E-state index is 0.0406. The van der Waals surface area contributed by atoms with Crippen molar-refractivity contribution in [2.45, 2.75) is 64.7 Å². The third-order valence-electron chi connectivity index (χ3n) is 7.16. The van der Waals surface area contributed by atoms with Gasteiger partial charge in [0.15, 0.2) is 0 Å². The second-order valence-electron chi connectivity index (χ2n) is 8.59. The summed E-state index contributed by atoms with van der Waals surface area (Å²) in [6.45, 7) is 4.54. The van der Waals surface area contributed by atoms with Gasteiger partial charge in [-0.25, -0.2) is 0 Å². The Morgan fingerprint density at radius 3 is 2.73 bits per heavy atom. The first-order valence-electron chi connectivity index (χ1n) is 9.57. The molecule has 0 bridgehead atoms. The van der Waals surface area contributed by atoms with Gasteiger partial charge in [0, 0.05) is 16.7 Å². The summed E-state index contributed by atoms with van der Waals surface area (Å²) in [6.07, 6.45) is 2.01. The number of hydrogen-bond acceptors (Lipinski definition) is 5. The molecule has 2 aliphatic rings. The van der Waals surface area contributed by atoms with E-state index in [1.165, 1.54) is 0 Å². The van der Waals surface area contributed by atoms with Crippen LogP contribution in [0.3, 0.4) is 0 Å². The normalized spacial score (nSPS) is 40.0. The molecule has 2 saturated carbocycles. The van der Waals surface area contributed by atoms with E-state index in [0.717, 1.165) is 17.7 Å². The van der Waals surface area contributed by atoms with Crippen LogP contribution in [0.5, 0.6) is 0 Å². The van der Waals surface area contributed by atoms with Gasteiger partial charge < -0.3 is 20.6 Å². The lowest BCUT2D eigenvalue weighted by atomic mass is 9.46. The van der Waals surface area contributed by atoms with Crippen LogP contribution < -0.4 is 5.32 Å². The second-order valence-corrected chi connectivity index (χ2v) is 9.62. The van der Waals surface area contributed by atoms with E-state index in [2.05, 4.69) is 12.2 Å². The van der Waals surface area contributed by atoms with E-state index in [1.54, 1.807) is 11.3 Å². The quantitative estimate of drug-likeness (QED) is 0.630. The molecule has 0 aromatic carbocycles. The molecule has 5 nitrogen and oxygen atoms in total. The number of aliphatic hydroxyl groups excluding tert-OH is 3. The molecule has 3 rings (SSSR count). The average Bonchev–Trinajstić information content (AvgIpc) is 3.13. The Hall–Kier alpha value is -0.950. The van der Waals surface area contributed by atoms with Crippen molar-refractivity contribution in [3.63, 3.8) is 0 Å². The largest absolute Gasteiger partial charge is 0.396 e. The van der Waals surface area contributed by atoms with Crippen molar-refractivity contribution in [2.75, 3.05) is 6.61 Å². The number of hydrogen-bond donors (Lipinski definition) is 4. The van der Waals surface area contributed by atoms with Crippen molar-refractivity contribution < 1.29 is 20.1 Å². The molecular weight excluding hydrogens is 350 g/mol. The van der Waals surface area contributed by atoms with Crippen molar-refractivity contribution in [3.8, 4) is 0 Å². The summed E-state index contributed by atoms with van der Waals surface area (Å²) < 4.78 is 0. The number of fused-ring (bicyclic) bond motifs is 1. The highest BCUT2D eigenvalue weighted by Crippen LogP contribution is 2.60. The van der Waals surface area contributed by atoms with Crippen molar-refractivity contribution in [1.29, 1.82) is 0 Å². The smallest absolute Gasteiger partial charge is 0.220 e. The monoisotopic (exact) mass is 381 g/mol. The van der Waals surface area contributed by atoms with E-state index in [4.69, 9.17) is 0 Å². The zero-order chi connectivity index (χ0) is 18.9. The fourth-order valence-electron chi connectivity index (χ4n) is 5.47. The molecule has 1 heterocycles. The van der Waals surface area contributed by atoms with Crippen LogP contribution in [-0.4, -0.2) is 40.0 Å². The maximum atomic E-state index is 12.5. The topological polar surface area (TPSA) is 89.8 Å². The van der Waals surface area contributed by atoms with Gasteiger partial charge in [-0.15, -0.1) is 11.3 Å². The van der Waals surface area contributed by atoms with Crippen molar-refractivity contribution in [2.24, 2.45) is 22.7 Å². The molecule has 6 heteroatoms. The molecular formula is C20H31NO4S. The van der Waals surface area contributed by atoms with Gasteiger partial charge in [0.2, 0.25) is 5.91 Å².